The van der Waals surface area contributed by atoms with Gasteiger partial charge in [0, 0.05) is 0 Å². The first kappa shape index (κ1) is 13.9. The first-order valence-corrected chi connectivity index (χ1v) is 5.71. The third-order valence-corrected chi connectivity index (χ3v) is 2.63. The van der Waals surface area contributed by atoms with Crippen molar-refractivity contribution < 1.29 is 8.78 Å². The second-order valence-electron chi connectivity index (χ2n) is 4.81. The van der Waals surface area contributed by atoms with Gasteiger partial charge in [0.2, 0.25) is 0 Å². The molecule has 0 saturated heterocycles. The molecule has 0 nitrogen and oxygen atoms in total. The maximum atomic E-state index is 13.2. The van der Waals surface area contributed by atoms with E-state index in [1.807, 2.05) is 20.8 Å². The van der Waals surface area contributed by atoms with E-state index in [1.54, 1.807) is 6.92 Å². The van der Waals surface area contributed by atoms with Gasteiger partial charge in [-0.1, -0.05) is 33.6 Å². The molecule has 0 aromatic carbocycles. The normalized spacial score (nSPS) is 18.2. The number of hydrogen-bond acceptors (Lipinski definition) is 0. The Balaban J connectivity index is 3.44. The molecule has 2 heteroatoms. The summed E-state index contributed by atoms with van der Waals surface area (Å²) in [6.45, 7) is 7.43. The molecule has 86 valence electrons. The maximum absolute atomic E-state index is 13.2. The van der Waals surface area contributed by atoms with E-state index in [0.29, 0.717) is 18.8 Å². The highest BCUT2D eigenvalue weighted by molar-refractivity contribution is 4.63. The van der Waals surface area contributed by atoms with Crippen LogP contribution in [0.5, 0.6) is 0 Å². The molecular formula is C12H24F2. The molecule has 0 fully saturated rings. The number of halogens is 2. The first-order chi connectivity index (χ1) is 6.43. The van der Waals surface area contributed by atoms with Crippen molar-refractivity contribution in [2.45, 2.75) is 65.7 Å². The quantitative estimate of drug-likeness (QED) is 0.574. The molecule has 0 saturated carbocycles. The lowest BCUT2D eigenvalue weighted by Crippen LogP contribution is -2.10. The molecule has 0 rings (SSSR count). The van der Waals surface area contributed by atoms with Crippen LogP contribution in [0.3, 0.4) is 0 Å². The van der Waals surface area contributed by atoms with E-state index in [-0.39, 0.29) is 5.92 Å². The molecule has 0 amide bonds. The van der Waals surface area contributed by atoms with Gasteiger partial charge in [0.05, 0.1) is 6.17 Å². The molecule has 0 aromatic rings. The monoisotopic (exact) mass is 206 g/mol. The van der Waals surface area contributed by atoms with Crippen LogP contribution in [0, 0.1) is 11.8 Å². The molecule has 0 aliphatic rings. The fraction of sp³-hybridized carbons (Fsp3) is 1.00. The summed E-state index contributed by atoms with van der Waals surface area (Å²) in [7, 11) is 0. The van der Waals surface area contributed by atoms with E-state index >= 15 is 0 Å². The smallest absolute Gasteiger partial charge is 0.102 e. The second-order valence-corrected chi connectivity index (χ2v) is 4.81. The Hall–Kier alpha value is -0.140. The molecule has 0 heterocycles. The van der Waals surface area contributed by atoms with E-state index < -0.39 is 12.3 Å². The molecule has 0 N–H and O–H groups in total. The average Bonchev–Trinajstić information content (AvgIpc) is 2.02. The van der Waals surface area contributed by atoms with E-state index in [0.717, 1.165) is 12.8 Å². The molecular weight excluding hydrogens is 182 g/mol. The maximum Gasteiger partial charge on any atom is 0.102 e. The molecule has 0 aliphatic carbocycles. The zero-order valence-electron chi connectivity index (χ0n) is 9.89. The van der Waals surface area contributed by atoms with Crippen molar-refractivity contribution in [1.29, 1.82) is 0 Å². The van der Waals surface area contributed by atoms with Crippen molar-refractivity contribution >= 4 is 0 Å². The minimum atomic E-state index is -0.726. The summed E-state index contributed by atoms with van der Waals surface area (Å²) < 4.78 is 25.8. The summed E-state index contributed by atoms with van der Waals surface area (Å²) in [6.07, 6.45) is 1.65. The average molecular weight is 206 g/mol. The summed E-state index contributed by atoms with van der Waals surface area (Å²) in [6, 6.07) is 0. The van der Waals surface area contributed by atoms with Crippen molar-refractivity contribution in [3.8, 4) is 0 Å². The predicted octanol–water partition coefficient (Wildman–Crippen LogP) is 4.54. The summed E-state index contributed by atoms with van der Waals surface area (Å²) in [5.41, 5.74) is 0. The van der Waals surface area contributed by atoms with Gasteiger partial charge < -0.3 is 0 Å². The van der Waals surface area contributed by atoms with Crippen molar-refractivity contribution in [1.82, 2.24) is 0 Å². The highest BCUT2D eigenvalue weighted by Crippen LogP contribution is 2.19. The van der Waals surface area contributed by atoms with Gasteiger partial charge in [-0.2, -0.15) is 0 Å². The van der Waals surface area contributed by atoms with Crippen LogP contribution >= 0.6 is 0 Å². The lowest BCUT2D eigenvalue weighted by atomic mass is 9.95. The molecule has 3 unspecified atom stereocenters. The minimum absolute atomic E-state index is 0.116. The third kappa shape index (κ3) is 7.28. The number of alkyl halides is 2. The van der Waals surface area contributed by atoms with Gasteiger partial charge in [-0.3, -0.25) is 0 Å². The van der Waals surface area contributed by atoms with Gasteiger partial charge in [-0.25, -0.2) is 8.78 Å². The Kier molecular flexibility index (Phi) is 7.12. The van der Waals surface area contributed by atoms with E-state index in [4.69, 9.17) is 0 Å². The van der Waals surface area contributed by atoms with Gasteiger partial charge in [0.1, 0.15) is 6.17 Å². The van der Waals surface area contributed by atoms with Crippen molar-refractivity contribution in [3.63, 3.8) is 0 Å². The Morgan fingerprint density at radius 2 is 1.50 bits per heavy atom. The molecule has 0 aliphatic heterocycles. The van der Waals surface area contributed by atoms with Crippen molar-refractivity contribution in [2.75, 3.05) is 0 Å². The molecule has 0 radical (unpaired) electrons. The van der Waals surface area contributed by atoms with Gasteiger partial charge >= 0.3 is 0 Å². The van der Waals surface area contributed by atoms with Gasteiger partial charge in [-0.05, 0) is 31.6 Å². The zero-order valence-corrected chi connectivity index (χ0v) is 9.89. The highest BCUT2D eigenvalue weighted by atomic mass is 19.1. The Labute approximate surface area is 87.1 Å². The van der Waals surface area contributed by atoms with Crippen LogP contribution in [-0.2, 0) is 0 Å². The van der Waals surface area contributed by atoms with Gasteiger partial charge in [0.25, 0.3) is 0 Å². The fourth-order valence-electron chi connectivity index (χ4n) is 1.67. The zero-order chi connectivity index (χ0) is 11.1. The largest absolute Gasteiger partial charge is 0.248 e. The number of rotatable bonds is 7. The molecule has 0 spiro atoms. The molecule has 0 aromatic heterocycles. The first-order valence-electron chi connectivity index (χ1n) is 5.71. The van der Waals surface area contributed by atoms with E-state index in [1.165, 1.54) is 0 Å². The molecule has 0 bridgehead atoms. The summed E-state index contributed by atoms with van der Waals surface area (Å²) in [5.74, 6) is 0.500. The Morgan fingerprint density at radius 3 is 1.93 bits per heavy atom. The van der Waals surface area contributed by atoms with Crippen LogP contribution in [0.25, 0.3) is 0 Å². The van der Waals surface area contributed by atoms with Crippen molar-refractivity contribution in [2.24, 2.45) is 11.8 Å². The summed E-state index contributed by atoms with van der Waals surface area (Å²) >= 11 is 0. The lowest BCUT2D eigenvalue weighted by Gasteiger charge is -2.14. The summed E-state index contributed by atoms with van der Waals surface area (Å²) in [5, 5.41) is 0. The summed E-state index contributed by atoms with van der Waals surface area (Å²) in [4.78, 5) is 0. The highest BCUT2D eigenvalue weighted by Gasteiger charge is 2.12. The van der Waals surface area contributed by atoms with E-state index in [2.05, 4.69) is 0 Å². The number of hydrogen-bond donors (Lipinski definition) is 0. The third-order valence-electron chi connectivity index (χ3n) is 2.63. The van der Waals surface area contributed by atoms with Crippen LogP contribution in [0.15, 0.2) is 0 Å². The van der Waals surface area contributed by atoms with Crippen LogP contribution in [0.2, 0.25) is 0 Å². The Bertz CT molecular complexity index is 132. The topological polar surface area (TPSA) is 0 Å². The SMILES string of the molecule is CC(F)CC(C)CCCC(F)C(C)C. The standard InChI is InChI=1S/C12H24F2/c1-9(2)12(14)7-5-6-10(3)8-11(4)13/h9-12H,5-8H2,1-4H3. The molecule has 14 heavy (non-hydrogen) atoms. The fourth-order valence-corrected chi connectivity index (χ4v) is 1.67. The second kappa shape index (κ2) is 7.19. The Morgan fingerprint density at radius 1 is 0.929 bits per heavy atom. The van der Waals surface area contributed by atoms with E-state index in [9.17, 15) is 8.78 Å². The lowest BCUT2D eigenvalue weighted by molar-refractivity contribution is 0.225. The van der Waals surface area contributed by atoms with Gasteiger partial charge in [-0.15, -0.1) is 0 Å². The predicted molar refractivity (Wildman–Crippen MR) is 57.9 cm³/mol. The van der Waals surface area contributed by atoms with Gasteiger partial charge in [0.15, 0.2) is 0 Å². The van der Waals surface area contributed by atoms with Crippen LogP contribution in [0.4, 0.5) is 8.78 Å². The van der Waals surface area contributed by atoms with Crippen molar-refractivity contribution in [3.05, 3.63) is 0 Å². The van der Waals surface area contributed by atoms with Crippen LogP contribution < -0.4 is 0 Å². The minimum Gasteiger partial charge on any atom is -0.248 e. The van der Waals surface area contributed by atoms with Crippen LogP contribution in [-0.4, -0.2) is 12.3 Å². The van der Waals surface area contributed by atoms with Crippen LogP contribution in [0.1, 0.15) is 53.4 Å². The molecule has 3 atom stereocenters.